The van der Waals surface area contributed by atoms with Crippen LogP contribution >= 0.6 is 0 Å². The van der Waals surface area contributed by atoms with E-state index in [2.05, 4.69) is 18.7 Å². The second-order valence-corrected chi connectivity index (χ2v) is 6.14. The summed E-state index contributed by atoms with van der Waals surface area (Å²) >= 11 is 0. The Hall–Kier alpha value is -1.55. The largest absolute Gasteiger partial charge is 0.398 e. The first-order valence-electron chi connectivity index (χ1n) is 7.38. The van der Waals surface area contributed by atoms with Crippen molar-refractivity contribution in [1.82, 2.24) is 4.90 Å². The van der Waals surface area contributed by atoms with E-state index >= 15 is 0 Å². The Bertz CT molecular complexity index is 477. The number of amides is 1. The molecule has 4 N–H and O–H groups in total. The molecule has 20 heavy (non-hydrogen) atoms. The number of nitrogen functional groups attached to an aromatic ring is 1. The first-order chi connectivity index (χ1) is 9.47. The molecule has 2 rings (SSSR count). The molecule has 1 saturated heterocycles. The Morgan fingerprint density at radius 2 is 2.00 bits per heavy atom. The first kappa shape index (κ1) is 14.9. The fourth-order valence-electron chi connectivity index (χ4n) is 2.91. The molecule has 1 aromatic carbocycles. The fraction of sp³-hybridized carbons (Fsp3) is 0.562. The summed E-state index contributed by atoms with van der Waals surface area (Å²) in [4.78, 5) is 13.5. The van der Waals surface area contributed by atoms with Crippen molar-refractivity contribution in [2.75, 3.05) is 18.8 Å². The van der Waals surface area contributed by atoms with E-state index in [0.717, 1.165) is 37.0 Å². The number of nitrogens with zero attached hydrogens (tertiary/aromatic N) is 1. The van der Waals surface area contributed by atoms with Crippen LogP contribution in [0.1, 0.15) is 42.6 Å². The van der Waals surface area contributed by atoms with Gasteiger partial charge in [-0.05, 0) is 55.5 Å². The van der Waals surface area contributed by atoms with Crippen LogP contribution in [-0.4, -0.2) is 23.9 Å². The van der Waals surface area contributed by atoms with E-state index in [1.807, 2.05) is 6.07 Å². The third-order valence-corrected chi connectivity index (χ3v) is 4.40. The number of nitrogens with two attached hydrogens (primary N) is 2. The first-order valence-corrected chi connectivity index (χ1v) is 7.38. The van der Waals surface area contributed by atoms with E-state index in [1.165, 1.54) is 12.8 Å². The van der Waals surface area contributed by atoms with Crippen molar-refractivity contribution >= 4 is 11.6 Å². The molecule has 1 heterocycles. The van der Waals surface area contributed by atoms with Crippen molar-refractivity contribution < 1.29 is 4.79 Å². The quantitative estimate of drug-likeness (QED) is 0.828. The number of carbonyl (C=O) groups is 1. The number of hydrogen-bond acceptors (Lipinski definition) is 3. The average molecular weight is 275 g/mol. The number of likely N-dealkylation sites (tertiary alicyclic amines) is 1. The van der Waals surface area contributed by atoms with Gasteiger partial charge in [0.2, 0.25) is 5.91 Å². The minimum absolute atomic E-state index is 0.430. The number of hydrogen-bond donors (Lipinski definition) is 2. The molecule has 0 atom stereocenters. The molecule has 4 nitrogen and oxygen atoms in total. The molecule has 1 amide bonds. The number of primary amides is 1. The van der Waals surface area contributed by atoms with Gasteiger partial charge in [-0.15, -0.1) is 0 Å². The number of anilines is 1. The highest BCUT2D eigenvalue weighted by atomic mass is 16.1. The summed E-state index contributed by atoms with van der Waals surface area (Å²) < 4.78 is 0. The van der Waals surface area contributed by atoms with Gasteiger partial charge < -0.3 is 11.5 Å². The number of rotatable bonds is 4. The van der Waals surface area contributed by atoms with Crippen LogP contribution < -0.4 is 11.5 Å². The molecule has 0 saturated carbocycles. The van der Waals surface area contributed by atoms with E-state index in [0.29, 0.717) is 11.3 Å². The SMILES string of the molecule is CC(C)C1CCN(Cc2ccc(C(N)=O)cc2N)CC1. The highest BCUT2D eigenvalue weighted by Gasteiger charge is 2.21. The maximum atomic E-state index is 11.1. The van der Waals surface area contributed by atoms with Gasteiger partial charge >= 0.3 is 0 Å². The van der Waals surface area contributed by atoms with Crippen LogP contribution in [0.5, 0.6) is 0 Å². The van der Waals surface area contributed by atoms with Crippen LogP contribution in [0.2, 0.25) is 0 Å². The summed E-state index contributed by atoms with van der Waals surface area (Å²) in [5, 5.41) is 0. The van der Waals surface area contributed by atoms with E-state index in [-0.39, 0.29) is 0 Å². The highest BCUT2D eigenvalue weighted by Crippen LogP contribution is 2.26. The average Bonchev–Trinajstić information content (AvgIpc) is 2.41. The van der Waals surface area contributed by atoms with Gasteiger partial charge in [-0.2, -0.15) is 0 Å². The Balaban J connectivity index is 1.96. The highest BCUT2D eigenvalue weighted by molar-refractivity contribution is 5.93. The van der Waals surface area contributed by atoms with Gasteiger partial charge in [0.05, 0.1) is 0 Å². The van der Waals surface area contributed by atoms with Crippen molar-refractivity contribution in [3.63, 3.8) is 0 Å². The fourth-order valence-corrected chi connectivity index (χ4v) is 2.91. The summed E-state index contributed by atoms with van der Waals surface area (Å²) in [6.07, 6.45) is 2.52. The van der Waals surface area contributed by atoms with Crippen molar-refractivity contribution in [1.29, 1.82) is 0 Å². The van der Waals surface area contributed by atoms with Crippen LogP contribution in [0.15, 0.2) is 18.2 Å². The second-order valence-electron chi connectivity index (χ2n) is 6.14. The lowest BCUT2D eigenvalue weighted by atomic mass is 9.86. The van der Waals surface area contributed by atoms with Gasteiger partial charge in [0, 0.05) is 17.8 Å². The summed E-state index contributed by atoms with van der Waals surface area (Å²) in [5.41, 5.74) is 13.5. The molecule has 0 aliphatic carbocycles. The third-order valence-electron chi connectivity index (χ3n) is 4.40. The minimum atomic E-state index is -0.430. The summed E-state index contributed by atoms with van der Waals surface area (Å²) in [7, 11) is 0. The molecule has 1 aliphatic heterocycles. The van der Waals surface area contributed by atoms with Crippen LogP contribution in [0.4, 0.5) is 5.69 Å². The molecule has 110 valence electrons. The normalized spacial score (nSPS) is 17.6. The third kappa shape index (κ3) is 3.51. The zero-order valence-electron chi connectivity index (χ0n) is 12.4. The maximum absolute atomic E-state index is 11.1. The standard InChI is InChI=1S/C16H25N3O/c1-11(2)12-5-7-19(8-6-12)10-14-4-3-13(16(18)20)9-15(14)17/h3-4,9,11-12H,5-8,10,17H2,1-2H3,(H2,18,20). The lowest BCUT2D eigenvalue weighted by molar-refractivity contribution is 0.100. The molecular weight excluding hydrogens is 250 g/mol. The molecule has 1 aromatic rings. The Morgan fingerprint density at radius 3 is 2.50 bits per heavy atom. The zero-order valence-corrected chi connectivity index (χ0v) is 12.4. The van der Waals surface area contributed by atoms with Gasteiger partial charge in [-0.25, -0.2) is 0 Å². The van der Waals surface area contributed by atoms with E-state index in [4.69, 9.17) is 11.5 Å². The van der Waals surface area contributed by atoms with E-state index in [1.54, 1.807) is 12.1 Å². The van der Waals surface area contributed by atoms with Gasteiger partial charge in [-0.3, -0.25) is 9.69 Å². The molecule has 0 unspecified atom stereocenters. The molecule has 0 aromatic heterocycles. The monoisotopic (exact) mass is 275 g/mol. The molecule has 1 fully saturated rings. The second kappa shape index (κ2) is 6.27. The topological polar surface area (TPSA) is 72.3 Å². The molecular formula is C16H25N3O. The van der Waals surface area contributed by atoms with Crippen molar-refractivity contribution in [2.45, 2.75) is 33.2 Å². The van der Waals surface area contributed by atoms with Crippen molar-refractivity contribution in [3.8, 4) is 0 Å². The molecule has 0 spiro atoms. The summed E-state index contributed by atoms with van der Waals surface area (Å²) in [5.74, 6) is 1.19. The van der Waals surface area contributed by atoms with Gasteiger partial charge in [0.1, 0.15) is 0 Å². The molecule has 4 heteroatoms. The van der Waals surface area contributed by atoms with E-state index in [9.17, 15) is 4.79 Å². The predicted octanol–water partition coefficient (Wildman–Crippen LogP) is 2.24. The van der Waals surface area contributed by atoms with E-state index < -0.39 is 5.91 Å². The smallest absolute Gasteiger partial charge is 0.248 e. The Morgan fingerprint density at radius 1 is 1.35 bits per heavy atom. The van der Waals surface area contributed by atoms with Crippen molar-refractivity contribution in [3.05, 3.63) is 29.3 Å². The lowest BCUT2D eigenvalue weighted by Gasteiger charge is -2.34. The maximum Gasteiger partial charge on any atom is 0.248 e. The minimum Gasteiger partial charge on any atom is -0.398 e. The molecule has 0 bridgehead atoms. The van der Waals surface area contributed by atoms with Gasteiger partial charge in [0.25, 0.3) is 0 Å². The zero-order chi connectivity index (χ0) is 14.7. The Kier molecular flexibility index (Phi) is 4.65. The van der Waals surface area contributed by atoms with Crippen molar-refractivity contribution in [2.24, 2.45) is 17.6 Å². The predicted molar refractivity (Wildman–Crippen MR) is 82.2 cm³/mol. The van der Waals surface area contributed by atoms with Gasteiger partial charge in [-0.1, -0.05) is 19.9 Å². The van der Waals surface area contributed by atoms with Crippen LogP contribution in [-0.2, 0) is 6.54 Å². The Labute approximate surface area is 121 Å². The van der Waals surface area contributed by atoms with Crippen LogP contribution in [0, 0.1) is 11.8 Å². The number of benzene rings is 1. The number of piperidine rings is 1. The summed E-state index contributed by atoms with van der Waals surface area (Å²) in [6, 6.07) is 5.36. The summed E-state index contributed by atoms with van der Waals surface area (Å²) in [6.45, 7) is 7.72. The number of carbonyl (C=O) groups excluding carboxylic acids is 1. The lowest BCUT2D eigenvalue weighted by Crippen LogP contribution is -2.34. The molecule has 0 radical (unpaired) electrons. The molecule has 1 aliphatic rings. The van der Waals surface area contributed by atoms with Crippen LogP contribution in [0.25, 0.3) is 0 Å². The van der Waals surface area contributed by atoms with Crippen LogP contribution in [0.3, 0.4) is 0 Å². The van der Waals surface area contributed by atoms with Gasteiger partial charge in [0.15, 0.2) is 0 Å².